The molecule has 5 nitrogen and oxygen atoms in total. The quantitative estimate of drug-likeness (QED) is 0.767. The molecule has 1 fully saturated rings. The van der Waals surface area contributed by atoms with Crippen molar-refractivity contribution in [1.82, 2.24) is 10.3 Å². The lowest BCUT2D eigenvalue weighted by molar-refractivity contribution is -0.131. The van der Waals surface area contributed by atoms with Crippen LogP contribution in [0.1, 0.15) is 58.1 Å². The van der Waals surface area contributed by atoms with Gasteiger partial charge in [0.05, 0.1) is 16.3 Å². The number of pyridine rings is 1. The molecule has 3 rings (SSSR count). The van der Waals surface area contributed by atoms with Crippen LogP contribution in [0, 0.1) is 12.3 Å². The van der Waals surface area contributed by atoms with Gasteiger partial charge < -0.3 is 15.8 Å². The summed E-state index contributed by atoms with van der Waals surface area (Å²) in [5.74, 6) is 0.726. The van der Waals surface area contributed by atoms with Crippen molar-refractivity contribution in [3.05, 3.63) is 30.0 Å². The molecule has 0 radical (unpaired) electrons. The number of hydrogen-bond acceptors (Lipinski definition) is 4. The Hall–Kier alpha value is -2.30. The number of anilines is 1. The van der Waals surface area contributed by atoms with Gasteiger partial charge in [-0.05, 0) is 51.8 Å². The van der Waals surface area contributed by atoms with Crippen LogP contribution in [0.3, 0.4) is 0 Å². The van der Waals surface area contributed by atoms with Crippen molar-refractivity contribution in [3.8, 4) is 5.75 Å². The second-order valence-corrected chi connectivity index (χ2v) is 8.34. The Kier molecular flexibility index (Phi) is 5.88. The highest BCUT2D eigenvalue weighted by Gasteiger charge is 2.31. The molecule has 0 unspecified atom stereocenters. The first-order chi connectivity index (χ1) is 12.9. The van der Waals surface area contributed by atoms with Crippen molar-refractivity contribution in [2.45, 2.75) is 65.3 Å². The van der Waals surface area contributed by atoms with E-state index in [1.165, 1.54) is 25.7 Å². The van der Waals surface area contributed by atoms with Crippen molar-refractivity contribution in [3.63, 3.8) is 0 Å². The molecule has 27 heavy (non-hydrogen) atoms. The minimum Gasteiger partial charge on any atom is -0.492 e. The summed E-state index contributed by atoms with van der Waals surface area (Å²) >= 11 is 0. The molecule has 0 saturated heterocycles. The molecule has 1 aliphatic rings. The Bertz CT molecular complexity index is 809. The second kappa shape index (κ2) is 8.15. The fourth-order valence-electron chi connectivity index (χ4n) is 3.67. The van der Waals surface area contributed by atoms with E-state index in [0.29, 0.717) is 17.5 Å². The minimum absolute atomic E-state index is 0.0524. The predicted molar refractivity (Wildman–Crippen MR) is 110 cm³/mol. The molecule has 146 valence electrons. The third-order valence-electron chi connectivity index (χ3n) is 5.35. The molecule has 0 aliphatic heterocycles. The highest BCUT2D eigenvalue weighted by Crippen LogP contribution is 2.31. The molecule has 3 N–H and O–H groups in total. The van der Waals surface area contributed by atoms with Gasteiger partial charge >= 0.3 is 0 Å². The van der Waals surface area contributed by atoms with Crippen molar-refractivity contribution in [2.24, 2.45) is 5.41 Å². The van der Waals surface area contributed by atoms with Crippen LogP contribution in [-0.2, 0) is 4.79 Å². The van der Waals surface area contributed by atoms with Crippen LogP contribution in [-0.4, -0.2) is 23.5 Å². The standard InChI is InChI=1S/C22H31N3O2/c1-15-13-17(23)20-18(24-15)11-8-12-19(20)27-14-22(2,3)21(26)25-16-9-6-4-5-7-10-16/h8,11-13,16H,4-7,9-10,14H2,1-3H3,(H2,23,24)(H,25,26). The maximum absolute atomic E-state index is 12.8. The molecule has 1 aromatic carbocycles. The summed E-state index contributed by atoms with van der Waals surface area (Å²) in [5, 5.41) is 4.04. The van der Waals surface area contributed by atoms with Gasteiger partial charge in [0.25, 0.3) is 0 Å². The number of nitrogens with one attached hydrogen (secondary N) is 1. The zero-order valence-electron chi connectivity index (χ0n) is 16.7. The Morgan fingerprint density at radius 3 is 2.67 bits per heavy atom. The third-order valence-corrected chi connectivity index (χ3v) is 5.35. The number of ether oxygens (including phenoxy) is 1. The number of nitrogens with zero attached hydrogens (tertiary/aromatic N) is 1. The summed E-state index contributed by atoms with van der Waals surface area (Å²) < 4.78 is 6.06. The number of benzene rings is 1. The Morgan fingerprint density at radius 1 is 1.26 bits per heavy atom. The number of carbonyl (C=O) groups is 1. The molecule has 0 atom stereocenters. The topological polar surface area (TPSA) is 77.2 Å². The molecule has 5 heteroatoms. The molecular weight excluding hydrogens is 338 g/mol. The van der Waals surface area contributed by atoms with Crippen molar-refractivity contribution >= 4 is 22.5 Å². The van der Waals surface area contributed by atoms with Gasteiger partial charge in [0, 0.05) is 17.4 Å². The van der Waals surface area contributed by atoms with E-state index in [2.05, 4.69) is 10.3 Å². The van der Waals surface area contributed by atoms with E-state index >= 15 is 0 Å². The molecule has 0 spiro atoms. The van der Waals surface area contributed by atoms with Crippen LogP contribution in [0.5, 0.6) is 5.75 Å². The van der Waals surface area contributed by atoms with Crippen LogP contribution >= 0.6 is 0 Å². The first kappa shape index (κ1) is 19.5. The van der Waals surface area contributed by atoms with Crippen molar-refractivity contribution < 1.29 is 9.53 Å². The van der Waals surface area contributed by atoms with Crippen LogP contribution in [0.4, 0.5) is 5.69 Å². The molecular formula is C22H31N3O2. The lowest BCUT2D eigenvalue weighted by Gasteiger charge is -2.27. The average Bonchev–Trinajstić information content (AvgIpc) is 2.88. The number of nitrogen functional groups attached to an aromatic ring is 1. The maximum Gasteiger partial charge on any atom is 0.229 e. The lowest BCUT2D eigenvalue weighted by Crippen LogP contribution is -2.45. The van der Waals surface area contributed by atoms with Crippen LogP contribution in [0.25, 0.3) is 10.9 Å². The highest BCUT2D eigenvalue weighted by atomic mass is 16.5. The molecule has 1 aliphatic carbocycles. The number of fused-ring (bicyclic) bond motifs is 1. The van der Waals surface area contributed by atoms with Crippen LogP contribution in [0.15, 0.2) is 24.3 Å². The molecule has 1 amide bonds. The highest BCUT2D eigenvalue weighted by molar-refractivity contribution is 5.95. The number of amides is 1. The number of nitrogens with two attached hydrogens (primary N) is 1. The van der Waals surface area contributed by atoms with Gasteiger partial charge in [-0.1, -0.05) is 31.7 Å². The zero-order valence-corrected chi connectivity index (χ0v) is 16.7. The molecule has 1 aromatic heterocycles. The Morgan fingerprint density at radius 2 is 1.96 bits per heavy atom. The van der Waals surface area contributed by atoms with Gasteiger partial charge in [0.2, 0.25) is 5.91 Å². The van der Waals surface area contributed by atoms with E-state index < -0.39 is 5.41 Å². The minimum atomic E-state index is -0.624. The van der Waals surface area contributed by atoms with E-state index in [9.17, 15) is 4.79 Å². The van der Waals surface area contributed by atoms with E-state index in [1.54, 1.807) is 0 Å². The number of rotatable bonds is 5. The fourth-order valence-corrected chi connectivity index (χ4v) is 3.67. The molecule has 0 bridgehead atoms. The average molecular weight is 370 g/mol. The van der Waals surface area contributed by atoms with Crippen LogP contribution in [0.2, 0.25) is 0 Å². The first-order valence-corrected chi connectivity index (χ1v) is 9.96. The first-order valence-electron chi connectivity index (χ1n) is 9.96. The number of aromatic nitrogens is 1. The predicted octanol–water partition coefficient (Wildman–Crippen LogP) is 4.37. The lowest BCUT2D eigenvalue weighted by atomic mass is 9.92. The Labute approximate surface area is 161 Å². The van der Waals surface area contributed by atoms with E-state index in [4.69, 9.17) is 10.5 Å². The monoisotopic (exact) mass is 369 g/mol. The van der Waals surface area contributed by atoms with E-state index in [1.807, 2.05) is 45.0 Å². The number of aryl methyl sites for hydroxylation is 1. The summed E-state index contributed by atoms with van der Waals surface area (Å²) in [6.07, 6.45) is 7.10. The van der Waals surface area contributed by atoms with Crippen molar-refractivity contribution in [1.29, 1.82) is 0 Å². The number of hydrogen-bond donors (Lipinski definition) is 2. The SMILES string of the molecule is Cc1cc(N)c2c(OCC(C)(C)C(=O)NC3CCCCCC3)cccc2n1. The Balaban J connectivity index is 1.69. The maximum atomic E-state index is 12.8. The number of carbonyl (C=O) groups excluding carboxylic acids is 1. The van der Waals surface area contributed by atoms with Crippen molar-refractivity contribution in [2.75, 3.05) is 12.3 Å². The normalized spacial score (nSPS) is 16.1. The van der Waals surface area contributed by atoms with Gasteiger partial charge in [-0.15, -0.1) is 0 Å². The molecule has 2 aromatic rings. The summed E-state index contributed by atoms with van der Waals surface area (Å²) in [6, 6.07) is 7.85. The fraction of sp³-hybridized carbons (Fsp3) is 0.545. The van der Waals surface area contributed by atoms with Gasteiger partial charge in [0.15, 0.2) is 0 Å². The van der Waals surface area contributed by atoms with E-state index in [0.717, 1.165) is 29.4 Å². The van der Waals surface area contributed by atoms with Gasteiger partial charge in [-0.3, -0.25) is 9.78 Å². The van der Waals surface area contributed by atoms with Crippen LogP contribution < -0.4 is 15.8 Å². The third kappa shape index (κ3) is 4.71. The largest absolute Gasteiger partial charge is 0.492 e. The van der Waals surface area contributed by atoms with Gasteiger partial charge in [-0.25, -0.2) is 0 Å². The summed E-state index contributed by atoms with van der Waals surface area (Å²) in [7, 11) is 0. The summed E-state index contributed by atoms with van der Waals surface area (Å²) in [5.41, 5.74) is 7.91. The molecule has 1 saturated carbocycles. The zero-order chi connectivity index (χ0) is 19.4. The summed E-state index contributed by atoms with van der Waals surface area (Å²) in [4.78, 5) is 17.3. The van der Waals surface area contributed by atoms with Gasteiger partial charge in [-0.2, -0.15) is 0 Å². The van der Waals surface area contributed by atoms with E-state index in [-0.39, 0.29) is 12.5 Å². The summed E-state index contributed by atoms with van der Waals surface area (Å²) in [6.45, 7) is 6.06. The second-order valence-electron chi connectivity index (χ2n) is 8.34. The molecule has 1 heterocycles. The smallest absolute Gasteiger partial charge is 0.229 e. The van der Waals surface area contributed by atoms with Gasteiger partial charge in [0.1, 0.15) is 12.4 Å².